The van der Waals surface area contributed by atoms with Crippen LogP contribution in [0.5, 0.6) is 0 Å². The maximum atomic E-state index is 4.67. The Morgan fingerprint density at radius 3 is 2.89 bits per heavy atom. The molecule has 0 bridgehead atoms. The van der Waals surface area contributed by atoms with Gasteiger partial charge in [-0.2, -0.15) is 5.10 Å². The highest BCUT2D eigenvalue weighted by Crippen LogP contribution is 2.19. The number of aryl methyl sites for hydroxylation is 3. The van der Waals surface area contributed by atoms with Crippen LogP contribution in [0.3, 0.4) is 0 Å². The van der Waals surface area contributed by atoms with E-state index in [1.54, 1.807) is 0 Å². The van der Waals surface area contributed by atoms with E-state index in [1.165, 1.54) is 27.6 Å². The second-order valence-corrected chi connectivity index (χ2v) is 6.93. The summed E-state index contributed by atoms with van der Waals surface area (Å²) >= 11 is 0. The average Bonchev–Trinajstić information content (AvgIpc) is 3.24. The molecule has 27 heavy (non-hydrogen) atoms. The van der Waals surface area contributed by atoms with Gasteiger partial charge in [0.05, 0.1) is 6.20 Å². The molecular weight excluding hydrogens is 336 g/mol. The van der Waals surface area contributed by atoms with Gasteiger partial charge in [-0.3, -0.25) is 9.67 Å². The zero-order valence-electron chi connectivity index (χ0n) is 16.5. The van der Waals surface area contributed by atoms with Crippen LogP contribution in [0.25, 0.3) is 10.9 Å². The van der Waals surface area contributed by atoms with Crippen molar-refractivity contribution in [2.75, 3.05) is 19.6 Å². The molecule has 2 heterocycles. The number of benzene rings is 1. The summed E-state index contributed by atoms with van der Waals surface area (Å²) in [6.07, 6.45) is 8.00. The molecule has 0 aliphatic carbocycles. The highest BCUT2D eigenvalue weighted by atomic mass is 15.3. The van der Waals surface area contributed by atoms with Crippen LogP contribution < -0.4 is 10.6 Å². The molecule has 3 rings (SSSR count). The van der Waals surface area contributed by atoms with Gasteiger partial charge in [-0.25, -0.2) is 0 Å². The van der Waals surface area contributed by atoms with Crippen LogP contribution >= 0.6 is 0 Å². The van der Waals surface area contributed by atoms with Crippen molar-refractivity contribution in [3.05, 3.63) is 53.5 Å². The Bertz CT molecular complexity index is 889. The molecule has 0 atom stereocenters. The van der Waals surface area contributed by atoms with Gasteiger partial charge in [0.1, 0.15) is 0 Å². The maximum absolute atomic E-state index is 4.67. The first-order valence-electron chi connectivity index (χ1n) is 9.73. The molecule has 0 saturated carbocycles. The fourth-order valence-electron chi connectivity index (χ4n) is 3.18. The van der Waals surface area contributed by atoms with Gasteiger partial charge in [0.15, 0.2) is 5.96 Å². The average molecular weight is 367 g/mol. The molecule has 2 aromatic heterocycles. The van der Waals surface area contributed by atoms with Gasteiger partial charge < -0.3 is 15.6 Å². The highest BCUT2D eigenvalue weighted by Gasteiger charge is 2.04. The van der Waals surface area contributed by atoms with Gasteiger partial charge >= 0.3 is 0 Å². The number of hydrogen-bond acceptors (Lipinski definition) is 2. The van der Waals surface area contributed by atoms with Crippen molar-refractivity contribution in [2.45, 2.75) is 40.2 Å². The van der Waals surface area contributed by atoms with E-state index in [0.29, 0.717) is 0 Å². The molecule has 3 N–H and O–H groups in total. The standard InChI is InChI=1S/C21H30N6/c1-4-22-21(23-9-5-11-27-15-17(3)13-26-27)24-10-8-18-14-25-20-12-16(2)6-7-19(18)20/h6-7,12-15,25H,4-5,8-11H2,1-3H3,(H2,22,23,24). The molecule has 6 nitrogen and oxygen atoms in total. The normalized spacial score (nSPS) is 11.9. The molecule has 0 spiro atoms. The topological polar surface area (TPSA) is 70.0 Å². The number of guanidine groups is 1. The van der Waals surface area contributed by atoms with Crippen LogP contribution in [0, 0.1) is 13.8 Å². The van der Waals surface area contributed by atoms with Crippen molar-refractivity contribution in [2.24, 2.45) is 4.99 Å². The summed E-state index contributed by atoms with van der Waals surface area (Å²) in [5.41, 5.74) is 5.02. The summed E-state index contributed by atoms with van der Waals surface area (Å²) in [5, 5.41) is 12.4. The first kappa shape index (κ1) is 19.0. The zero-order chi connectivity index (χ0) is 19.1. The summed E-state index contributed by atoms with van der Waals surface area (Å²) in [5.74, 6) is 0.879. The molecule has 0 fully saturated rings. The molecule has 0 unspecified atom stereocenters. The Hall–Kier alpha value is -2.76. The van der Waals surface area contributed by atoms with E-state index in [4.69, 9.17) is 0 Å². The second kappa shape index (κ2) is 9.26. The number of nitrogens with one attached hydrogen (secondary N) is 3. The Balaban J connectivity index is 1.48. The summed E-state index contributed by atoms with van der Waals surface area (Å²) in [6, 6.07) is 6.56. The van der Waals surface area contributed by atoms with Crippen molar-refractivity contribution < 1.29 is 0 Å². The Kier molecular flexibility index (Phi) is 6.52. The molecule has 144 valence electrons. The molecule has 0 saturated heterocycles. The summed E-state index contributed by atoms with van der Waals surface area (Å²) in [4.78, 5) is 8.04. The zero-order valence-corrected chi connectivity index (χ0v) is 16.5. The molecule has 0 aliphatic rings. The Morgan fingerprint density at radius 1 is 1.22 bits per heavy atom. The lowest BCUT2D eigenvalue weighted by molar-refractivity contribution is 0.583. The molecular formula is C21H30N6. The number of aliphatic imine (C=N–C) groups is 1. The third-order valence-electron chi connectivity index (χ3n) is 4.53. The van der Waals surface area contributed by atoms with Crippen molar-refractivity contribution >= 4 is 16.9 Å². The lowest BCUT2D eigenvalue weighted by atomic mass is 10.1. The van der Waals surface area contributed by atoms with Crippen molar-refractivity contribution in [1.82, 2.24) is 25.4 Å². The van der Waals surface area contributed by atoms with Crippen molar-refractivity contribution in [3.8, 4) is 0 Å². The minimum atomic E-state index is 0.778. The number of H-pyrrole nitrogens is 1. The minimum Gasteiger partial charge on any atom is -0.361 e. The van der Waals surface area contributed by atoms with E-state index in [1.807, 2.05) is 10.9 Å². The lowest BCUT2D eigenvalue weighted by Crippen LogP contribution is -2.38. The predicted molar refractivity (Wildman–Crippen MR) is 112 cm³/mol. The van der Waals surface area contributed by atoms with Gasteiger partial charge in [-0.15, -0.1) is 0 Å². The van der Waals surface area contributed by atoms with Crippen LogP contribution in [0.4, 0.5) is 0 Å². The third kappa shape index (κ3) is 5.36. The largest absolute Gasteiger partial charge is 0.361 e. The van der Waals surface area contributed by atoms with E-state index in [9.17, 15) is 0 Å². The van der Waals surface area contributed by atoms with Crippen molar-refractivity contribution in [3.63, 3.8) is 0 Å². The molecule has 6 heteroatoms. The predicted octanol–water partition coefficient (Wildman–Crippen LogP) is 3.17. The maximum Gasteiger partial charge on any atom is 0.191 e. The minimum absolute atomic E-state index is 0.778. The smallest absolute Gasteiger partial charge is 0.191 e. The van der Waals surface area contributed by atoms with Crippen LogP contribution in [0.1, 0.15) is 30.0 Å². The number of aromatic nitrogens is 3. The van der Waals surface area contributed by atoms with E-state index < -0.39 is 0 Å². The fraction of sp³-hybridized carbons (Fsp3) is 0.429. The molecule has 0 aliphatic heterocycles. The first-order valence-corrected chi connectivity index (χ1v) is 9.73. The van der Waals surface area contributed by atoms with E-state index in [-0.39, 0.29) is 0 Å². The van der Waals surface area contributed by atoms with Crippen molar-refractivity contribution in [1.29, 1.82) is 0 Å². The number of nitrogens with zero attached hydrogens (tertiary/aromatic N) is 3. The van der Waals surface area contributed by atoms with Gasteiger partial charge in [0, 0.05) is 49.5 Å². The molecule has 0 radical (unpaired) electrons. The van der Waals surface area contributed by atoms with Gasteiger partial charge in [-0.1, -0.05) is 12.1 Å². The van der Waals surface area contributed by atoms with Gasteiger partial charge in [0.2, 0.25) is 0 Å². The Labute approximate surface area is 161 Å². The van der Waals surface area contributed by atoms with E-state index in [2.05, 4.69) is 77.1 Å². The lowest BCUT2D eigenvalue weighted by Gasteiger charge is -2.11. The molecule has 3 aromatic rings. The second-order valence-electron chi connectivity index (χ2n) is 6.93. The SMILES string of the molecule is CCNC(=NCCCn1cc(C)cn1)NCCc1c[nH]c2cc(C)ccc12. The number of fused-ring (bicyclic) bond motifs is 1. The number of aromatic amines is 1. The van der Waals surface area contributed by atoms with Gasteiger partial charge in [-0.05, 0) is 56.4 Å². The van der Waals surface area contributed by atoms with Crippen LogP contribution in [0.2, 0.25) is 0 Å². The summed E-state index contributed by atoms with van der Waals surface area (Å²) < 4.78 is 1.98. The van der Waals surface area contributed by atoms with Crippen LogP contribution in [-0.4, -0.2) is 40.4 Å². The molecule has 0 amide bonds. The fourth-order valence-corrected chi connectivity index (χ4v) is 3.18. The number of hydrogen-bond donors (Lipinski definition) is 3. The summed E-state index contributed by atoms with van der Waals surface area (Å²) in [6.45, 7) is 9.65. The summed E-state index contributed by atoms with van der Waals surface area (Å²) in [7, 11) is 0. The van der Waals surface area contributed by atoms with E-state index >= 15 is 0 Å². The third-order valence-corrected chi connectivity index (χ3v) is 4.53. The Morgan fingerprint density at radius 2 is 2.11 bits per heavy atom. The number of rotatable bonds is 8. The van der Waals surface area contributed by atoms with Crippen LogP contribution in [-0.2, 0) is 13.0 Å². The molecule has 1 aromatic carbocycles. The van der Waals surface area contributed by atoms with Crippen LogP contribution in [0.15, 0.2) is 41.8 Å². The highest BCUT2D eigenvalue weighted by molar-refractivity contribution is 5.84. The quantitative estimate of drug-likeness (QED) is 0.326. The monoisotopic (exact) mass is 366 g/mol. The van der Waals surface area contributed by atoms with Gasteiger partial charge in [0.25, 0.3) is 0 Å². The first-order chi connectivity index (χ1) is 13.2. The van der Waals surface area contributed by atoms with E-state index in [0.717, 1.165) is 45.0 Å².